The molecule has 2 atom stereocenters. The van der Waals surface area contributed by atoms with Gasteiger partial charge in [-0.15, -0.1) is 0 Å². The largest absolute Gasteiger partial charge is 0.406 e. The third kappa shape index (κ3) is 5.34. The molecule has 0 aliphatic rings. The summed E-state index contributed by atoms with van der Waals surface area (Å²) in [7, 11) is 0. The molecule has 0 aliphatic heterocycles. The number of hydrogen-bond donors (Lipinski definition) is 1. The van der Waals surface area contributed by atoms with Crippen LogP contribution in [-0.2, 0) is 4.79 Å². The molecule has 0 aromatic carbocycles. The van der Waals surface area contributed by atoms with Gasteiger partial charge in [-0.1, -0.05) is 13.8 Å². The quantitative estimate of drug-likeness (QED) is 0.796. The molecule has 2 N–H and O–H groups in total. The van der Waals surface area contributed by atoms with E-state index in [1.165, 1.54) is 0 Å². The first-order valence-electron chi connectivity index (χ1n) is 5.30. The van der Waals surface area contributed by atoms with Gasteiger partial charge in [-0.3, -0.25) is 4.79 Å². The van der Waals surface area contributed by atoms with E-state index in [9.17, 15) is 18.0 Å². The Kier molecular flexibility index (Phi) is 5.78. The zero-order chi connectivity index (χ0) is 12.9. The number of alkyl halides is 3. The molecule has 0 radical (unpaired) electrons. The van der Waals surface area contributed by atoms with Crippen LogP contribution >= 0.6 is 0 Å². The molecule has 1 amide bonds. The molecule has 2 unspecified atom stereocenters. The highest BCUT2D eigenvalue weighted by molar-refractivity contribution is 5.79. The van der Waals surface area contributed by atoms with Crippen LogP contribution in [-0.4, -0.2) is 36.1 Å². The molecule has 16 heavy (non-hydrogen) atoms. The Hall–Kier alpha value is -0.780. The van der Waals surface area contributed by atoms with Crippen molar-refractivity contribution in [2.75, 3.05) is 13.1 Å². The van der Waals surface area contributed by atoms with Gasteiger partial charge in [-0.25, -0.2) is 0 Å². The molecule has 0 aliphatic carbocycles. The highest BCUT2D eigenvalue weighted by Crippen LogP contribution is 2.18. The second kappa shape index (κ2) is 6.08. The summed E-state index contributed by atoms with van der Waals surface area (Å²) in [6, 6.07) is -0.444. The molecule has 0 aromatic rings. The summed E-state index contributed by atoms with van der Waals surface area (Å²) in [4.78, 5) is 12.5. The van der Waals surface area contributed by atoms with Crippen LogP contribution in [0, 0.1) is 5.92 Å². The molecule has 0 bridgehead atoms. The fourth-order valence-electron chi connectivity index (χ4n) is 1.27. The molecule has 0 saturated heterocycles. The lowest BCUT2D eigenvalue weighted by Gasteiger charge is -2.27. The van der Waals surface area contributed by atoms with Crippen molar-refractivity contribution in [1.29, 1.82) is 0 Å². The summed E-state index contributed by atoms with van der Waals surface area (Å²) >= 11 is 0. The topological polar surface area (TPSA) is 46.3 Å². The van der Waals surface area contributed by atoms with Crippen LogP contribution < -0.4 is 5.73 Å². The lowest BCUT2D eigenvalue weighted by Crippen LogP contribution is -2.45. The highest BCUT2D eigenvalue weighted by atomic mass is 19.4. The molecular weight excluding hydrogens is 221 g/mol. The first-order chi connectivity index (χ1) is 7.19. The zero-order valence-electron chi connectivity index (χ0n) is 9.84. The van der Waals surface area contributed by atoms with Gasteiger partial charge >= 0.3 is 6.18 Å². The van der Waals surface area contributed by atoms with Crippen LogP contribution in [0.15, 0.2) is 0 Å². The van der Waals surface area contributed by atoms with Crippen LogP contribution in [0.25, 0.3) is 0 Å². The third-order valence-electron chi connectivity index (χ3n) is 2.35. The Morgan fingerprint density at radius 2 is 1.88 bits per heavy atom. The Bertz CT molecular complexity index is 229. The molecule has 96 valence electrons. The minimum Gasteiger partial charge on any atom is -0.333 e. The Balaban J connectivity index is 4.59. The zero-order valence-corrected chi connectivity index (χ0v) is 9.84. The SMILES string of the molecule is CCCN(CC(F)(F)F)C(=O)C(C)C(C)N. The van der Waals surface area contributed by atoms with Crippen molar-refractivity contribution in [3.8, 4) is 0 Å². The number of hydrogen-bond acceptors (Lipinski definition) is 2. The number of rotatable bonds is 5. The standard InChI is InChI=1S/C10H19F3N2O/c1-4-5-15(6-10(11,12)13)9(16)7(2)8(3)14/h7-8H,4-6,14H2,1-3H3. The van der Waals surface area contributed by atoms with Crippen molar-refractivity contribution in [2.45, 2.75) is 39.4 Å². The Labute approximate surface area is 93.8 Å². The maximum absolute atomic E-state index is 12.2. The van der Waals surface area contributed by atoms with Crippen molar-refractivity contribution < 1.29 is 18.0 Å². The highest BCUT2D eigenvalue weighted by Gasteiger charge is 2.34. The van der Waals surface area contributed by atoms with Gasteiger partial charge in [0.1, 0.15) is 6.54 Å². The summed E-state index contributed by atoms with van der Waals surface area (Å²) in [6.45, 7) is 3.80. The molecule has 0 spiro atoms. The van der Waals surface area contributed by atoms with Crippen LogP contribution in [0.3, 0.4) is 0 Å². The summed E-state index contributed by atoms with van der Waals surface area (Å²) < 4.78 is 36.7. The molecule has 6 heteroatoms. The monoisotopic (exact) mass is 240 g/mol. The van der Waals surface area contributed by atoms with Crippen molar-refractivity contribution in [3.05, 3.63) is 0 Å². The lowest BCUT2D eigenvalue weighted by molar-refractivity contribution is -0.163. The molecule has 0 fully saturated rings. The van der Waals surface area contributed by atoms with Gasteiger partial charge in [0.2, 0.25) is 5.91 Å². The molecule has 3 nitrogen and oxygen atoms in total. The second-order valence-corrected chi connectivity index (χ2v) is 4.02. The van der Waals surface area contributed by atoms with E-state index in [1.54, 1.807) is 20.8 Å². The van der Waals surface area contributed by atoms with E-state index >= 15 is 0 Å². The van der Waals surface area contributed by atoms with Crippen molar-refractivity contribution >= 4 is 5.91 Å². The second-order valence-electron chi connectivity index (χ2n) is 4.02. The predicted molar refractivity (Wildman–Crippen MR) is 55.7 cm³/mol. The smallest absolute Gasteiger partial charge is 0.333 e. The van der Waals surface area contributed by atoms with E-state index in [2.05, 4.69) is 0 Å². The van der Waals surface area contributed by atoms with Gasteiger partial charge in [-0.05, 0) is 13.3 Å². The number of amides is 1. The summed E-state index contributed by atoms with van der Waals surface area (Å²) in [5.41, 5.74) is 5.51. The summed E-state index contributed by atoms with van der Waals surface area (Å²) in [5, 5.41) is 0. The normalized spacial score (nSPS) is 15.7. The van der Waals surface area contributed by atoms with E-state index in [1.807, 2.05) is 0 Å². The van der Waals surface area contributed by atoms with Gasteiger partial charge in [0.15, 0.2) is 0 Å². The molecule has 0 rings (SSSR count). The molecule has 0 aromatic heterocycles. The maximum atomic E-state index is 12.2. The van der Waals surface area contributed by atoms with E-state index in [4.69, 9.17) is 5.73 Å². The first-order valence-corrected chi connectivity index (χ1v) is 5.30. The fourth-order valence-corrected chi connectivity index (χ4v) is 1.27. The van der Waals surface area contributed by atoms with Gasteiger partial charge < -0.3 is 10.6 Å². The summed E-state index contributed by atoms with van der Waals surface area (Å²) in [6.07, 6.45) is -3.87. The minimum atomic E-state index is -4.36. The number of carbonyl (C=O) groups is 1. The molecular formula is C10H19F3N2O. The third-order valence-corrected chi connectivity index (χ3v) is 2.35. The van der Waals surface area contributed by atoms with Crippen LogP contribution in [0.1, 0.15) is 27.2 Å². The van der Waals surface area contributed by atoms with Gasteiger partial charge in [0.25, 0.3) is 0 Å². The number of halogens is 3. The van der Waals surface area contributed by atoms with Crippen LogP contribution in [0.4, 0.5) is 13.2 Å². The van der Waals surface area contributed by atoms with Crippen molar-refractivity contribution in [2.24, 2.45) is 11.7 Å². The average Bonchev–Trinajstić information content (AvgIpc) is 2.12. The van der Waals surface area contributed by atoms with Gasteiger partial charge in [0.05, 0.1) is 5.92 Å². The Morgan fingerprint density at radius 3 is 2.19 bits per heavy atom. The van der Waals surface area contributed by atoms with Crippen LogP contribution in [0.2, 0.25) is 0 Å². The lowest BCUT2D eigenvalue weighted by atomic mass is 10.0. The van der Waals surface area contributed by atoms with E-state index < -0.39 is 30.6 Å². The van der Waals surface area contributed by atoms with Crippen molar-refractivity contribution in [1.82, 2.24) is 4.90 Å². The average molecular weight is 240 g/mol. The minimum absolute atomic E-state index is 0.107. The van der Waals surface area contributed by atoms with Crippen LogP contribution in [0.5, 0.6) is 0 Å². The number of nitrogens with zero attached hydrogens (tertiary/aromatic N) is 1. The van der Waals surface area contributed by atoms with E-state index in [0.29, 0.717) is 6.42 Å². The first kappa shape index (κ1) is 15.2. The van der Waals surface area contributed by atoms with Crippen molar-refractivity contribution in [3.63, 3.8) is 0 Å². The maximum Gasteiger partial charge on any atom is 0.406 e. The number of nitrogens with two attached hydrogens (primary N) is 1. The fraction of sp³-hybridized carbons (Fsp3) is 0.900. The number of carbonyl (C=O) groups excluding carboxylic acids is 1. The molecule has 0 heterocycles. The van der Waals surface area contributed by atoms with E-state index in [0.717, 1.165) is 4.90 Å². The van der Waals surface area contributed by atoms with Gasteiger partial charge in [0, 0.05) is 12.6 Å². The van der Waals surface area contributed by atoms with E-state index in [-0.39, 0.29) is 6.54 Å². The summed E-state index contributed by atoms with van der Waals surface area (Å²) in [5.74, 6) is -1.12. The Morgan fingerprint density at radius 1 is 1.38 bits per heavy atom. The molecule has 0 saturated carbocycles. The predicted octanol–water partition coefficient (Wildman–Crippen LogP) is 1.77. The van der Waals surface area contributed by atoms with Gasteiger partial charge in [-0.2, -0.15) is 13.2 Å².